The zero-order chi connectivity index (χ0) is 18.9. The average molecular weight is 361 g/mol. The third-order valence-electron chi connectivity index (χ3n) is 3.90. The molecular formula is C22H23N3O2. The van der Waals surface area contributed by atoms with Crippen LogP contribution in [0.25, 0.3) is 0 Å². The SMILES string of the molecule is CCCOc1ccc(C(=O)Nc2cccc(NCc3ccccc3)n2)cc1. The monoisotopic (exact) mass is 361 g/mol. The third-order valence-corrected chi connectivity index (χ3v) is 3.90. The van der Waals surface area contributed by atoms with Gasteiger partial charge in [0, 0.05) is 12.1 Å². The molecular weight excluding hydrogens is 338 g/mol. The van der Waals surface area contributed by atoms with Crippen LogP contribution in [0, 0.1) is 0 Å². The Morgan fingerprint density at radius 2 is 1.67 bits per heavy atom. The van der Waals surface area contributed by atoms with Gasteiger partial charge in [0.1, 0.15) is 17.4 Å². The fourth-order valence-electron chi connectivity index (χ4n) is 2.50. The number of nitrogens with zero attached hydrogens (tertiary/aromatic N) is 1. The van der Waals surface area contributed by atoms with E-state index in [-0.39, 0.29) is 5.91 Å². The highest BCUT2D eigenvalue weighted by Crippen LogP contribution is 2.15. The van der Waals surface area contributed by atoms with Crippen molar-refractivity contribution in [1.82, 2.24) is 4.98 Å². The molecule has 5 nitrogen and oxygen atoms in total. The minimum Gasteiger partial charge on any atom is -0.494 e. The Hall–Kier alpha value is -3.34. The van der Waals surface area contributed by atoms with Crippen LogP contribution in [0.2, 0.25) is 0 Å². The molecule has 3 rings (SSSR count). The molecule has 0 radical (unpaired) electrons. The first-order chi connectivity index (χ1) is 13.2. The van der Waals surface area contributed by atoms with E-state index in [9.17, 15) is 4.79 Å². The Morgan fingerprint density at radius 3 is 2.41 bits per heavy atom. The van der Waals surface area contributed by atoms with Crippen molar-refractivity contribution < 1.29 is 9.53 Å². The zero-order valence-electron chi connectivity index (χ0n) is 15.3. The molecule has 1 heterocycles. The van der Waals surface area contributed by atoms with E-state index in [4.69, 9.17) is 4.74 Å². The topological polar surface area (TPSA) is 63.2 Å². The molecule has 0 atom stereocenters. The van der Waals surface area contributed by atoms with Crippen molar-refractivity contribution in [3.05, 3.63) is 83.9 Å². The number of benzene rings is 2. The van der Waals surface area contributed by atoms with Gasteiger partial charge >= 0.3 is 0 Å². The van der Waals surface area contributed by atoms with Gasteiger partial charge in [-0.15, -0.1) is 0 Å². The summed E-state index contributed by atoms with van der Waals surface area (Å²) in [5.74, 6) is 1.77. The molecule has 0 bridgehead atoms. The lowest BCUT2D eigenvalue weighted by Crippen LogP contribution is -2.13. The van der Waals surface area contributed by atoms with Crippen LogP contribution in [0.4, 0.5) is 11.6 Å². The van der Waals surface area contributed by atoms with Crippen LogP contribution in [0.15, 0.2) is 72.8 Å². The Labute approximate surface area is 159 Å². The van der Waals surface area contributed by atoms with Crippen molar-refractivity contribution in [2.24, 2.45) is 0 Å². The van der Waals surface area contributed by atoms with Crippen LogP contribution in [0.5, 0.6) is 5.75 Å². The van der Waals surface area contributed by atoms with E-state index in [0.717, 1.165) is 12.2 Å². The summed E-state index contributed by atoms with van der Waals surface area (Å²) in [6, 6.07) is 22.7. The van der Waals surface area contributed by atoms with Crippen molar-refractivity contribution in [1.29, 1.82) is 0 Å². The van der Waals surface area contributed by atoms with Gasteiger partial charge in [0.2, 0.25) is 0 Å². The molecule has 27 heavy (non-hydrogen) atoms. The number of aromatic nitrogens is 1. The molecule has 0 aliphatic heterocycles. The van der Waals surface area contributed by atoms with Crippen LogP contribution in [0.1, 0.15) is 29.3 Å². The molecule has 1 aromatic heterocycles. The van der Waals surface area contributed by atoms with Gasteiger partial charge in [-0.05, 0) is 48.4 Å². The molecule has 0 fully saturated rings. The summed E-state index contributed by atoms with van der Waals surface area (Å²) in [5, 5.41) is 6.09. The number of pyridine rings is 1. The van der Waals surface area contributed by atoms with Crippen LogP contribution >= 0.6 is 0 Å². The van der Waals surface area contributed by atoms with Crippen molar-refractivity contribution in [3.8, 4) is 5.75 Å². The molecule has 3 aromatic rings. The highest BCUT2D eigenvalue weighted by atomic mass is 16.5. The molecule has 0 saturated heterocycles. The Kier molecular flexibility index (Phi) is 6.41. The fourth-order valence-corrected chi connectivity index (χ4v) is 2.50. The van der Waals surface area contributed by atoms with Crippen molar-refractivity contribution in [2.75, 3.05) is 17.2 Å². The van der Waals surface area contributed by atoms with Gasteiger partial charge in [-0.3, -0.25) is 4.79 Å². The second-order valence-electron chi connectivity index (χ2n) is 6.07. The molecule has 0 unspecified atom stereocenters. The van der Waals surface area contributed by atoms with E-state index < -0.39 is 0 Å². The molecule has 0 saturated carbocycles. The number of nitrogens with one attached hydrogen (secondary N) is 2. The minimum atomic E-state index is -0.204. The molecule has 2 aromatic carbocycles. The second kappa shape index (κ2) is 9.38. The third kappa shape index (κ3) is 5.57. The van der Waals surface area contributed by atoms with E-state index in [1.54, 1.807) is 30.3 Å². The van der Waals surface area contributed by atoms with Crippen LogP contribution in [-0.4, -0.2) is 17.5 Å². The van der Waals surface area contributed by atoms with Gasteiger partial charge in [-0.1, -0.05) is 43.3 Å². The van der Waals surface area contributed by atoms with Gasteiger partial charge in [0.15, 0.2) is 0 Å². The predicted molar refractivity (Wildman–Crippen MR) is 108 cm³/mol. The van der Waals surface area contributed by atoms with E-state index in [1.807, 2.05) is 42.5 Å². The maximum absolute atomic E-state index is 12.4. The molecule has 0 spiro atoms. The largest absolute Gasteiger partial charge is 0.494 e. The number of hydrogen-bond acceptors (Lipinski definition) is 4. The lowest BCUT2D eigenvalue weighted by atomic mass is 10.2. The smallest absolute Gasteiger partial charge is 0.256 e. The lowest BCUT2D eigenvalue weighted by molar-refractivity contribution is 0.102. The van der Waals surface area contributed by atoms with Crippen LogP contribution < -0.4 is 15.4 Å². The lowest BCUT2D eigenvalue weighted by Gasteiger charge is -2.09. The summed E-state index contributed by atoms with van der Waals surface area (Å²) in [5.41, 5.74) is 1.72. The number of amides is 1. The second-order valence-corrected chi connectivity index (χ2v) is 6.07. The van der Waals surface area contributed by atoms with Crippen LogP contribution in [-0.2, 0) is 6.54 Å². The number of carbonyl (C=O) groups is 1. The van der Waals surface area contributed by atoms with E-state index in [0.29, 0.717) is 30.4 Å². The minimum absolute atomic E-state index is 0.204. The highest BCUT2D eigenvalue weighted by Gasteiger charge is 2.08. The first kappa shape index (κ1) is 18.5. The van der Waals surface area contributed by atoms with Gasteiger partial charge < -0.3 is 15.4 Å². The molecule has 5 heteroatoms. The van der Waals surface area contributed by atoms with Crippen molar-refractivity contribution in [2.45, 2.75) is 19.9 Å². The quantitative estimate of drug-likeness (QED) is 0.608. The predicted octanol–water partition coefficient (Wildman–Crippen LogP) is 4.73. The Morgan fingerprint density at radius 1 is 0.926 bits per heavy atom. The summed E-state index contributed by atoms with van der Waals surface area (Å²) >= 11 is 0. The summed E-state index contributed by atoms with van der Waals surface area (Å²) in [4.78, 5) is 16.9. The Balaban J connectivity index is 1.59. The van der Waals surface area contributed by atoms with Crippen LogP contribution in [0.3, 0.4) is 0 Å². The zero-order valence-corrected chi connectivity index (χ0v) is 15.3. The molecule has 0 aliphatic rings. The summed E-state index contributed by atoms with van der Waals surface area (Å²) < 4.78 is 5.53. The summed E-state index contributed by atoms with van der Waals surface area (Å²) in [7, 11) is 0. The maximum atomic E-state index is 12.4. The maximum Gasteiger partial charge on any atom is 0.256 e. The van der Waals surface area contributed by atoms with E-state index >= 15 is 0 Å². The first-order valence-electron chi connectivity index (χ1n) is 9.03. The van der Waals surface area contributed by atoms with Crippen molar-refractivity contribution >= 4 is 17.5 Å². The fraction of sp³-hybridized carbons (Fsp3) is 0.182. The number of hydrogen-bond donors (Lipinski definition) is 2. The molecule has 138 valence electrons. The number of carbonyl (C=O) groups excluding carboxylic acids is 1. The number of rotatable bonds is 8. The average Bonchev–Trinajstić information content (AvgIpc) is 2.72. The Bertz CT molecular complexity index is 864. The summed E-state index contributed by atoms with van der Waals surface area (Å²) in [6.07, 6.45) is 0.947. The molecule has 2 N–H and O–H groups in total. The van der Waals surface area contributed by atoms with Gasteiger partial charge in [0.25, 0.3) is 5.91 Å². The van der Waals surface area contributed by atoms with Crippen molar-refractivity contribution in [3.63, 3.8) is 0 Å². The van der Waals surface area contributed by atoms with E-state index in [1.165, 1.54) is 5.56 Å². The number of ether oxygens (including phenoxy) is 1. The standard InChI is InChI=1S/C22H23N3O2/c1-2-15-27-19-13-11-18(12-14-19)22(26)25-21-10-6-9-20(24-21)23-16-17-7-4-3-5-8-17/h3-14H,2,15-16H2,1H3,(H2,23,24,25,26). The first-order valence-corrected chi connectivity index (χ1v) is 9.03. The highest BCUT2D eigenvalue weighted by molar-refractivity contribution is 6.03. The number of anilines is 2. The normalized spacial score (nSPS) is 10.3. The van der Waals surface area contributed by atoms with Gasteiger partial charge in [0.05, 0.1) is 6.61 Å². The van der Waals surface area contributed by atoms with E-state index in [2.05, 4.69) is 22.5 Å². The van der Waals surface area contributed by atoms with Gasteiger partial charge in [-0.25, -0.2) is 4.98 Å². The van der Waals surface area contributed by atoms with Gasteiger partial charge in [-0.2, -0.15) is 0 Å². The summed E-state index contributed by atoms with van der Waals surface area (Å²) in [6.45, 7) is 3.39. The molecule has 1 amide bonds. The molecule has 0 aliphatic carbocycles.